The molecule has 0 N–H and O–H groups in total. The molecule has 1 aliphatic carbocycles. The molecular weight excluding hydrogens is 373 g/mol. The van der Waals surface area contributed by atoms with Crippen molar-refractivity contribution >= 4 is 12.4 Å². The first-order valence-corrected chi connectivity index (χ1v) is 9.86. The lowest BCUT2D eigenvalue weighted by Gasteiger charge is -2.49. The molecule has 0 radical (unpaired) electrons. The molecule has 2 nitrogen and oxygen atoms in total. The molecule has 1 fully saturated rings. The van der Waals surface area contributed by atoms with Crippen molar-refractivity contribution < 1.29 is 9.13 Å². The van der Waals surface area contributed by atoms with Gasteiger partial charge in [-0.1, -0.05) is 30.5 Å². The van der Waals surface area contributed by atoms with Crippen molar-refractivity contribution in [3.8, 4) is 18.1 Å². The van der Waals surface area contributed by atoms with Crippen LogP contribution in [0, 0.1) is 18.2 Å². The van der Waals surface area contributed by atoms with E-state index in [0.717, 1.165) is 37.2 Å². The van der Waals surface area contributed by atoms with Crippen LogP contribution in [0.3, 0.4) is 0 Å². The summed E-state index contributed by atoms with van der Waals surface area (Å²) in [7, 11) is 0. The number of likely N-dealkylation sites (tertiary alicyclic amines) is 1. The lowest BCUT2D eigenvalue weighted by atomic mass is 9.72. The van der Waals surface area contributed by atoms with Crippen molar-refractivity contribution in [1.29, 1.82) is 0 Å². The average molecular weight is 400 g/mol. The predicted molar refractivity (Wildman–Crippen MR) is 113 cm³/mol. The number of benzene rings is 2. The van der Waals surface area contributed by atoms with Crippen molar-refractivity contribution in [3.63, 3.8) is 0 Å². The van der Waals surface area contributed by atoms with Gasteiger partial charge in [0.1, 0.15) is 18.2 Å². The largest absolute Gasteiger partial charge is 0.489 e. The third-order valence-corrected chi connectivity index (χ3v) is 6.15. The van der Waals surface area contributed by atoms with Crippen molar-refractivity contribution in [2.45, 2.75) is 50.7 Å². The lowest BCUT2D eigenvalue weighted by molar-refractivity contribution is 0.0467. The first kappa shape index (κ1) is 20.7. The summed E-state index contributed by atoms with van der Waals surface area (Å²) in [6.45, 7) is 2.34. The monoisotopic (exact) mass is 399 g/mol. The number of aryl methyl sites for hydroxylation is 1. The molecule has 1 spiro atoms. The van der Waals surface area contributed by atoms with Crippen LogP contribution >= 0.6 is 12.4 Å². The van der Waals surface area contributed by atoms with E-state index in [2.05, 4.69) is 29.0 Å². The standard InChI is InChI=1S/C24H26FNO.ClH/c1-2-14-26-15-4-3-12-24(26)13-11-20-16-23(10-7-21(20)17-24)27-18-19-5-8-22(25)9-6-19;/h1,5-10,16H,3-4,11-15,17-18H2;1H. The van der Waals surface area contributed by atoms with Crippen LogP contribution < -0.4 is 4.74 Å². The minimum Gasteiger partial charge on any atom is -0.489 e. The van der Waals surface area contributed by atoms with Gasteiger partial charge in [-0.25, -0.2) is 4.39 Å². The van der Waals surface area contributed by atoms with Crippen LogP contribution in [0.15, 0.2) is 42.5 Å². The number of piperidine rings is 1. The van der Waals surface area contributed by atoms with Gasteiger partial charge in [0.15, 0.2) is 0 Å². The Labute approximate surface area is 173 Å². The maximum absolute atomic E-state index is 13.0. The van der Waals surface area contributed by atoms with Gasteiger partial charge in [0, 0.05) is 5.54 Å². The highest BCUT2D eigenvalue weighted by Crippen LogP contribution is 2.40. The SMILES string of the molecule is C#CCN1CCCCC12CCc1cc(OCc3ccc(F)cc3)ccc1C2.Cl. The van der Waals surface area contributed by atoms with E-state index < -0.39 is 0 Å². The van der Waals surface area contributed by atoms with E-state index in [1.165, 1.54) is 48.9 Å². The fourth-order valence-corrected chi connectivity index (χ4v) is 4.65. The molecule has 1 saturated heterocycles. The second-order valence-corrected chi connectivity index (χ2v) is 7.83. The molecular formula is C24H27ClFNO. The van der Waals surface area contributed by atoms with Crippen LogP contribution in [0.5, 0.6) is 5.75 Å². The first-order valence-electron chi connectivity index (χ1n) is 9.86. The summed E-state index contributed by atoms with van der Waals surface area (Å²) in [4.78, 5) is 2.54. The first-order chi connectivity index (χ1) is 13.2. The molecule has 4 rings (SSSR count). The Kier molecular flexibility index (Phi) is 6.65. The average Bonchev–Trinajstić information content (AvgIpc) is 2.70. The number of hydrogen-bond donors (Lipinski definition) is 0. The maximum atomic E-state index is 13.0. The Morgan fingerprint density at radius 3 is 2.68 bits per heavy atom. The Balaban J connectivity index is 0.00000225. The molecule has 1 atom stereocenters. The maximum Gasteiger partial charge on any atom is 0.123 e. The predicted octanol–water partition coefficient (Wildman–Crippen LogP) is 5.17. The normalized spacial score (nSPS) is 21.4. The number of terminal acetylenes is 1. The smallest absolute Gasteiger partial charge is 0.123 e. The number of hydrogen-bond acceptors (Lipinski definition) is 2. The van der Waals surface area contributed by atoms with Crippen molar-refractivity contribution in [2.24, 2.45) is 0 Å². The van der Waals surface area contributed by atoms with Gasteiger partial charge >= 0.3 is 0 Å². The lowest BCUT2D eigenvalue weighted by Crippen LogP contribution is -2.55. The van der Waals surface area contributed by atoms with Gasteiger partial charge in [-0.3, -0.25) is 4.90 Å². The fraction of sp³-hybridized carbons (Fsp3) is 0.417. The van der Waals surface area contributed by atoms with Crippen molar-refractivity contribution in [1.82, 2.24) is 4.90 Å². The zero-order valence-corrected chi connectivity index (χ0v) is 16.9. The Hall–Kier alpha value is -2.02. The summed E-state index contributed by atoms with van der Waals surface area (Å²) in [5.41, 5.74) is 4.04. The molecule has 1 heterocycles. The Morgan fingerprint density at radius 1 is 1.07 bits per heavy atom. The highest BCUT2D eigenvalue weighted by Gasteiger charge is 2.40. The molecule has 2 aromatic rings. The number of ether oxygens (including phenoxy) is 1. The molecule has 0 amide bonds. The Morgan fingerprint density at radius 2 is 1.89 bits per heavy atom. The van der Waals surface area contributed by atoms with E-state index >= 15 is 0 Å². The second-order valence-electron chi connectivity index (χ2n) is 7.83. The number of halogens is 2. The highest BCUT2D eigenvalue weighted by atomic mass is 35.5. The molecule has 28 heavy (non-hydrogen) atoms. The van der Waals surface area contributed by atoms with Crippen LogP contribution in [0.4, 0.5) is 4.39 Å². The number of fused-ring (bicyclic) bond motifs is 1. The van der Waals surface area contributed by atoms with Gasteiger partial charge < -0.3 is 4.74 Å². The van der Waals surface area contributed by atoms with Crippen molar-refractivity contribution in [3.05, 3.63) is 65.0 Å². The van der Waals surface area contributed by atoms with Gasteiger partial charge in [-0.15, -0.1) is 18.8 Å². The van der Waals surface area contributed by atoms with Crippen LogP contribution in [0.25, 0.3) is 0 Å². The molecule has 4 heteroatoms. The van der Waals surface area contributed by atoms with E-state index in [4.69, 9.17) is 11.2 Å². The molecule has 148 valence electrons. The van der Waals surface area contributed by atoms with Crippen LogP contribution in [0.2, 0.25) is 0 Å². The zero-order valence-electron chi connectivity index (χ0n) is 16.1. The van der Waals surface area contributed by atoms with Crippen LogP contribution in [-0.2, 0) is 19.4 Å². The Bertz CT molecular complexity index is 845. The van der Waals surface area contributed by atoms with Gasteiger partial charge in [-0.2, -0.15) is 0 Å². The minimum absolute atomic E-state index is 0. The number of nitrogens with zero attached hydrogens (tertiary/aromatic N) is 1. The zero-order chi connectivity index (χ0) is 18.7. The summed E-state index contributed by atoms with van der Waals surface area (Å²) in [5.74, 6) is 3.53. The van der Waals surface area contributed by atoms with Gasteiger partial charge in [0.25, 0.3) is 0 Å². The molecule has 0 aromatic heterocycles. The van der Waals surface area contributed by atoms with Gasteiger partial charge in [0.05, 0.1) is 6.54 Å². The summed E-state index contributed by atoms with van der Waals surface area (Å²) in [5, 5.41) is 0. The second kappa shape index (κ2) is 8.99. The molecule has 1 unspecified atom stereocenters. The molecule has 0 saturated carbocycles. The molecule has 2 aliphatic rings. The van der Waals surface area contributed by atoms with Crippen LogP contribution in [-0.4, -0.2) is 23.5 Å². The van der Waals surface area contributed by atoms with Gasteiger partial charge in [0.2, 0.25) is 0 Å². The molecule has 2 aromatic carbocycles. The molecule has 1 aliphatic heterocycles. The van der Waals surface area contributed by atoms with E-state index in [1.54, 1.807) is 12.1 Å². The summed E-state index contributed by atoms with van der Waals surface area (Å²) in [6.07, 6.45) is 12.8. The van der Waals surface area contributed by atoms with E-state index in [0.29, 0.717) is 6.61 Å². The third-order valence-electron chi connectivity index (χ3n) is 6.15. The van der Waals surface area contributed by atoms with E-state index in [9.17, 15) is 4.39 Å². The highest BCUT2D eigenvalue weighted by molar-refractivity contribution is 5.85. The van der Waals surface area contributed by atoms with E-state index in [-0.39, 0.29) is 23.8 Å². The summed E-state index contributed by atoms with van der Waals surface area (Å²) >= 11 is 0. The number of rotatable bonds is 4. The minimum atomic E-state index is -0.219. The van der Waals surface area contributed by atoms with Crippen LogP contribution in [0.1, 0.15) is 42.4 Å². The fourth-order valence-electron chi connectivity index (χ4n) is 4.65. The van der Waals surface area contributed by atoms with Gasteiger partial charge in [-0.05, 0) is 79.6 Å². The summed E-state index contributed by atoms with van der Waals surface area (Å²) < 4.78 is 18.9. The summed E-state index contributed by atoms with van der Waals surface area (Å²) in [6, 6.07) is 12.9. The topological polar surface area (TPSA) is 12.5 Å². The third kappa shape index (κ3) is 4.35. The molecule has 0 bridgehead atoms. The quantitative estimate of drug-likeness (QED) is 0.657. The van der Waals surface area contributed by atoms with E-state index in [1.807, 2.05) is 0 Å². The van der Waals surface area contributed by atoms with Crippen molar-refractivity contribution in [2.75, 3.05) is 13.1 Å².